The van der Waals surface area contributed by atoms with Gasteiger partial charge in [0.05, 0.1) is 51.8 Å². The van der Waals surface area contributed by atoms with Crippen LogP contribution in [0.3, 0.4) is 0 Å². The molecule has 3 rings (SSSR count). The van der Waals surface area contributed by atoms with Crippen LogP contribution in [0.2, 0.25) is 0 Å². The molecular weight excluding hydrogens is 550 g/mol. The number of anilines is 1. The molecule has 0 aliphatic rings. The summed E-state index contributed by atoms with van der Waals surface area (Å²) in [5.41, 5.74) is 3.20. The Balaban J connectivity index is 1.89. The minimum absolute atomic E-state index is 0.0951. The molecule has 0 atom stereocenters. The van der Waals surface area contributed by atoms with E-state index in [0.29, 0.717) is 29.6 Å². The fraction of sp³-hybridized carbons (Fsp3) is 0.310. The normalized spacial score (nSPS) is 11.3. The molecule has 0 aliphatic heterocycles. The number of hydrogen-bond donors (Lipinski definition) is 1. The van der Waals surface area contributed by atoms with Crippen LogP contribution in [0.5, 0.6) is 28.7 Å². The Morgan fingerprint density at radius 3 is 2.10 bits per heavy atom. The lowest BCUT2D eigenvalue weighted by molar-refractivity contribution is -0.119. The van der Waals surface area contributed by atoms with Gasteiger partial charge in [0, 0.05) is 12.1 Å². The average molecular weight is 586 g/mol. The molecule has 0 unspecified atom stereocenters. The number of hydrogen-bond acceptors (Lipinski definition) is 9. The second-order valence-corrected chi connectivity index (χ2v) is 11.0. The second-order valence-electron chi connectivity index (χ2n) is 9.13. The third kappa shape index (κ3) is 8.04. The third-order valence-electron chi connectivity index (χ3n) is 5.75. The largest absolute Gasteiger partial charge is 0.497 e. The molecular formula is C29H35N3O8S. The summed E-state index contributed by atoms with van der Waals surface area (Å²) >= 11 is 0. The maximum absolute atomic E-state index is 13.9. The minimum atomic E-state index is -4.32. The fourth-order valence-electron chi connectivity index (χ4n) is 3.65. The fourth-order valence-corrected chi connectivity index (χ4v) is 5.09. The summed E-state index contributed by atoms with van der Waals surface area (Å²) in [5.74, 6) is 1.58. The van der Waals surface area contributed by atoms with Crippen molar-refractivity contribution in [2.24, 2.45) is 11.0 Å². The molecule has 1 N–H and O–H groups in total. The Morgan fingerprint density at radius 1 is 0.854 bits per heavy atom. The number of benzene rings is 3. The quantitative estimate of drug-likeness (QED) is 0.222. The van der Waals surface area contributed by atoms with Crippen molar-refractivity contribution >= 4 is 27.8 Å². The summed E-state index contributed by atoms with van der Waals surface area (Å²) in [6.45, 7) is 4.12. The number of rotatable bonds is 14. The number of hydrazone groups is 1. The lowest BCUT2D eigenvalue weighted by Crippen LogP contribution is -2.39. The molecule has 0 fully saturated rings. The molecule has 0 aromatic heterocycles. The third-order valence-corrected chi connectivity index (χ3v) is 7.51. The Labute approximate surface area is 240 Å². The molecule has 11 nitrogen and oxygen atoms in total. The van der Waals surface area contributed by atoms with Gasteiger partial charge in [-0.3, -0.25) is 9.10 Å². The van der Waals surface area contributed by atoms with Crippen LogP contribution in [-0.2, 0) is 14.8 Å². The highest BCUT2D eigenvalue weighted by Crippen LogP contribution is 2.37. The van der Waals surface area contributed by atoms with Gasteiger partial charge in [-0.25, -0.2) is 13.8 Å². The summed E-state index contributed by atoms with van der Waals surface area (Å²) < 4.78 is 55.7. The van der Waals surface area contributed by atoms with Gasteiger partial charge in [0.15, 0.2) is 11.5 Å². The van der Waals surface area contributed by atoms with Gasteiger partial charge in [0.1, 0.15) is 23.8 Å². The molecule has 1 amide bonds. The Kier molecular flexibility index (Phi) is 10.8. The molecule has 0 saturated carbocycles. The summed E-state index contributed by atoms with van der Waals surface area (Å²) in [6, 6.07) is 16.0. The van der Waals surface area contributed by atoms with Crippen molar-refractivity contribution in [3.63, 3.8) is 0 Å². The molecule has 41 heavy (non-hydrogen) atoms. The maximum atomic E-state index is 13.9. The predicted molar refractivity (Wildman–Crippen MR) is 156 cm³/mol. The highest BCUT2D eigenvalue weighted by Gasteiger charge is 2.31. The van der Waals surface area contributed by atoms with Gasteiger partial charge in [0.25, 0.3) is 15.9 Å². The number of carbonyl (C=O) groups excluding carboxylic acids is 1. The van der Waals surface area contributed by atoms with Crippen LogP contribution in [-0.4, -0.2) is 62.1 Å². The zero-order valence-corrected chi connectivity index (χ0v) is 24.7. The predicted octanol–water partition coefficient (Wildman–Crippen LogP) is 4.10. The Hall–Kier alpha value is -4.45. The number of carbonyl (C=O) groups is 1. The standard InChI is InChI=1S/C29H35N3O8S/c1-20(2)19-40-22-9-7-21(8-10-22)17-30-31-29(33)18-32(25-15-23(36-3)11-13-26(25)37-4)41(34,35)24-12-14-27(38-5)28(16-24)39-6/h7-17,20H,18-19H2,1-6H3,(H,31,33)/b30-17-. The van der Waals surface area contributed by atoms with E-state index >= 15 is 0 Å². The van der Waals surface area contributed by atoms with Gasteiger partial charge in [-0.15, -0.1) is 0 Å². The topological polar surface area (TPSA) is 125 Å². The highest BCUT2D eigenvalue weighted by molar-refractivity contribution is 7.92. The van der Waals surface area contributed by atoms with Crippen LogP contribution in [0.4, 0.5) is 5.69 Å². The van der Waals surface area contributed by atoms with E-state index in [-0.39, 0.29) is 22.1 Å². The van der Waals surface area contributed by atoms with Crippen molar-refractivity contribution in [2.45, 2.75) is 18.7 Å². The summed E-state index contributed by atoms with van der Waals surface area (Å²) in [6.07, 6.45) is 1.45. The lowest BCUT2D eigenvalue weighted by Gasteiger charge is -2.26. The van der Waals surface area contributed by atoms with E-state index in [0.717, 1.165) is 10.1 Å². The first-order valence-corrected chi connectivity index (χ1v) is 14.1. The van der Waals surface area contributed by atoms with Gasteiger partial charge >= 0.3 is 0 Å². The Morgan fingerprint density at radius 2 is 1.49 bits per heavy atom. The van der Waals surface area contributed by atoms with Gasteiger partial charge < -0.3 is 23.7 Å². The molecule has 12 heteroatoms. The average Bonchev–Trinajstić information content (AvgIpc) is 2.98. The van der Waals surface area contributed by atoms with Crippen molar-refractivity contribution in [3.05, 3.63) is 66.2 Å². The van der Waals surface area contributed by atoms with Crippen molar-refractivity contribution in [1.29, 1.82) is 0 Å². The summed E-state index contributed by atoms with van der Waals surface area (Å²) in [5, 5.41) is 3.99. The van der Waals surface area contributed by atoms with E-state index in [1.165, 1.54) is 58.9 Å². The van der Waals surface area contributed by atoms with Crippen molar-refractivity contribution in [2.75, 3.05) is 45.9 Å². The lowest BCUT2D eigenvalue weighted by atomic mass is 10.2. The second kappa shape index (κ2) is 14.3. The highest BCUT2D eigenvalue weighted by atomic mass is 32.2. The number of amides is 1. The molecule has 0 saturated heterocycles. The van der Waals surface area contributed by atoms with E-state index in [2.05, 4.69) is 24.4 Å². The van der Waals surface area contributed by atoms with E-state index < -0.39 is 22.5 Å². The van der Waals surface area contributed by atoms with E-state index in [1.54, 1.807) is 36.4 Å². The summed E-state index contributed by atoms with van der Waals surface area (Å²) in [7, 11) is 1.37. The first-order chi connectivity index (χ1) is 19.6. The van der Waals surface area contributed by atoms with Gasteiger partial charge in [-0.1, -0.05) is 13.8 Å². The Bertz CT molecular complexity index is 1460. The number of nitrogens with one attached hydrogen (secondary N) is 1. The van der Waals surface area contributed by atoms with Gasteiger partial charge in [0.2, 0.25) is 0 Å². The zero-order chi connectivity index (χ0) is 30.0. The van der Waals surface area contributed by atoms with Crippen LogP contribution >= 0.6 is 0 Å². The van der Waals surface area contributed by atoms with Crippen LogP contribution in [0.1, 0.15) is 19.4 Å². The van der Waals surface area contributed by atoms with E-state index in [1.807, 2.05) is 0 Å². The number of ether oxygens (including phenoxy) is 5. The molecule has 220 valence electrons. The SMILES string of the molecule is COc1ccc(OC)c(N(CC(=O)N/N=C\c2ccc(OCC(C)C)cc2)S(=O)(=O)c2ccc(OC)c(OC)c2)c1. The summed E-state index contributed by atoms with van der Waals surface area (Å²) in [4.78, 5) is 12.9. The number of sulfonamides is 1. The number of methoxy groups -OCH3 is 4. The first-order valence-electron chi connectivity index (χ1n) is 12.6. The molecule has 0 heterocycles. The smallest absolute Gasteiger partial charge is 0.265 e. The van der Waals surface area contributed by atoms with E-state index in [4.69, 9.17) is 23.7 Å². The zero-order valence-electron chi connectivity index (χ0n) is 23.9. The molecule has 0 radical (unpaired) electrons. The van der Waals surface area contributed by atoms with Crippen LogP contribution in [0.25, 0.3) is 0 Å². The van der Waals surface area contributed by atoms with Crippen molar-refractivity contribution in [3.8, 4) is 28.7 Å². The van der Waals surface area contributed by atoms with Crippen molar-refractivity contribution in [1.82, 2.24) is 5.43 Å². The van der Waals surface area contributed by atoms with Gasteiger partial charge in [-0.05, 0) is 60.0 Å². The molecule has 0 aliphatic carbocycles. The van der Waals surface area contributed by atoms with Crippen LogP contribution < -0.4 is 33.4 Å². The van der Waals surface area contributed by atoms with Crippen LogP contribution in [0, 0.1) is 5.92 Å². The first kappa shape index (κ1) is 31.1. The maximum Gasteiger partial charge on any atom is 0.265 e. The molecule has 0 spiro atoms. The monoisotopic (exact) mass is 585 g/mol. The number of nitrogens with zero attached hydrogens (tertiary/aromatic N) is 2. The van der Waals surface area contributed by atoms with Crippen molar-refractivity contribution < 1.29 is 36.9 Å². The van der Waals surface area contributed by atoms with E-state index in [9.17, 15) is 13.2 Å². The van der Waals surface area contributed by atoms with Crippen LogP contribution in [0.15, 0.2) is 70.7 Å². The molecule has 3 aromatic rings. The minimum Gasteiger partial charge on any atom is -0.497 e. The molecule has 3 aromatic carbocycles. The van der Waals surface area contributed by atoms with Gasteiger partial charge in [-0.2, -0.15) is 5.10 Å². The molecule has 0 bridgehead atoms.